The molecule has 1 heterocycles. The van der Waals surface area contributed by atoms with Gasteiger partial charge in [-0.15, -0.1) is 11.3 Å². The van der Waals surface area contributed by atoms with E-state index in [9.17, 15) is 13.2 Å². The summed E-state index contributed by atoms with van der Waals surface area (Å²) in [5.41, 5.74) is 3.12. The summed E-state index contributed by atoms with van der Waals surface area (Å²) in [4.78, 5) is 16.8. The molecule has 146 valence electrons. The number of sulfone groups is 1. The van der Waals surface area contributed by atoms with Crippen LogP contribution in [0.4, 0.5) is 5.69 Å². The van der Waals surface area contributed by atoms with Gasteiger partial charge in [0, 0.05) is 11.3 Å². The Bertz CT molecular complexity index is 1220. The Hall–Kier alpha value is -3.03. The lowest BCUT2D eigenvalue weighted by Gasteiger charge is -2.07. The van der Waals surface area contributed by atoms with Crippen molar-refractivity contribution in [2.45, 2.75) is 5.75 Å². The number of hydrogen-bond donors (Lipinski definition) is 1. The lowest BCUT2D eigenvalue weighted by atomic mass is 10.2. The number of amides is 1. The van der Waals surface area contributed by atoms with E-state index in [0.29, 0.717) is 11.3 Å². The molecule has 0 unspecified atom stereocenters. The highest BCUT2D eigenvalue weighted by atomic mass is 32.2. The normalized spacial score (nSPS) is 11.4. The summed E-state index contributed by atoms with van der Waals surface area (Å²) in [6.07, 6.45) is 0. The fourth-order valence-electron chi connectivity index (χ4n) is 2.97. The van der Waals surface area contributed by atoms with Crippen molar-refractivity contribution in [1.82, 2.24) is 4.98 Å². The van der Waals surface area contributed by atoms with Crippen LogP contribution in [0.3, 0.4) is 0 Å². The third-order valence-corrected chi connectivity index (χ3v) is 6.85. The van der Waals surface area contributed by atoms with Gasteiger partial charge in [0.1, 0.15) is 10.8 Å². The standard InChI is InChI=1S/C22H18N2O3S2/c25-21(15-29(26,27)14-16-6-2-1-3-7-16)23-18-12-10-17(11-13-18)22-24-19-8-4-5-9-20(19)28-22/h1-13H,14-15H2,(H,23,25). The lowest BCUT2D eigenvalue weighted by Crippen LogP contribution is -2.23. The smallest absolute Gasteiger partial charge is 0.239 e. The Morgan fingerprint density at radius 2 is 1.59 bits per heavy atom. The van der Waals surface area contributed by atoms with Gasteiger partial charge >= 0.3 is 0 Å². The maximum atomic E-state index is 12.3. The number of aromatic nitrogens is 1. The Balaban J connectivity index is 1.41. The predicted molar refractivity (Wildman–Crippen MR) is 118 cm³/mol. The van der Waals surface area contributed by atoms with Crippen molar-refractivity contribution in [2.24, 2.45) is 0 Å². The average molecular weight is 423 g/mol. The molecule has 29 heavy (non-hydrogen) atoms. The average Bonchev–Trinajstić information content (AvgIpc) is 3.12. The quantitative estimate of drug-likeness (QED) is 0.496. The van der Waals surface area contributed by atoms with Crippen molar-refractivity contribution in [3.63, 3.8) is 0 Å². The zero-order chi connectivity index (χ0) is 20.3. The highest BCUT2D eigenvalue weighted by molar-refractivity contribution is 7.91. The van der Waals surface area contributed by atoms with Crippen molar-refractivity contribution in [2.75, 3.05) is 11.1 Å². The van der Waals surface area contributed by atoms with Crippen LogP contribution in [-0.2, 0) is 20.4 Å². The minimum absolute atomic E-state index is 0.155. The molecule has 1 N–H and O–H groups in total. The minimum atomic E-state index is -3.54. The molecule has 0 aliphatic carbocycles. The second-order valence-electron chi connectivity index (χ2n) is 6.63. The lowest BCUT2D eigenvalue weighted by molar-refractivity contribution is -0.113. The third kappa shape index (κ3) is 4.88. The van der Waals surface area contributed by atoms with Crippen LogP contribution in [-0.4, -0.2) is 25.1 Å². The summed E-state index contributed by atoms with van der Waals surface area (Å²) in [5.74, 6) is -1.26. The molecule has 1 amide bonds. The summed E-state index contributed by atoms with van der Waals surface area (Å²) in [5, 5.41) is 3.55. The predicted octanol–water partition coefficient (Wildman–Crippen LogP) is 4.52. The van der Waals surface area contributed by atoms with Gasteiger partial charge in [0.25, 0.3) is 0 Å². The van der Waals surface area contributed by atoms with E-state index >= 15 is 0 Å². The zero-order valence-electron chi connectivity index (χ0n) is 15.4. The Labute approximate surface area is 173 Å². The van der Waals surface area contributed by atoms with Crippen molar-refractivity contribution < 1.29 is 13.2 Å². The molecule has 5 nitrogen and oxygen atoms in total. The molecule has 4 aromatic rings. The summed E-state index contributed by atoms with van der Waals surface area (Å²) < 4.78 is 25.6. The van der Waals surface area contributed by atoms with Crippen LogP contribution in [0.15, 0.2) is 78.9 Å². The molecule has 0 aliphatic heterocycles. The molecule has 0 bridgehead atoms. The number of para-hydroxylation sites is 1. The van der Waals surface area contributed by atoms with E-state index in [1.165, 1.54) is 0 Å². The van der Waals surface area contributed by atoms with Gasteiger partial charge in [-0.1, -0.05) is 42.5 Å². The van der Waals surface area contributed by atoms with Crippen molar-refractivity contribution >= 4 is 43.0 Å². The van der Waals surface area contributed by atoms with Crippen LogP contribution in [0.5, 0.6) is 0 Å². The molecule has 0 radical (unpaired) electrons. The molecule has 3 aromatic carbocycles. The molecule has 4 rings (SSSR count). The van der Waals surface area contributed by atoms with Gasteiger partial charge in [-0.05, 0) is 42.0 Å². The number of hydrogen-bond acceptors (Lipinski definition) is 5. The van der Waals surface area contributed by atoms with E-state index < -0.39 is 21.5 Å². The number of anilines is 1. The van der Waals surface area contributed by atoms with Gasteiger partial charge in [-0.2, -0.15) is 0 Å². The monoisotopic (exact) mass is 422 g/mol. The SMILES string of the molecule is O=C(CS(=O)(=O)Cc1ccccc1)Nc1ccc(-c2nc3ccccc3s2)cc1. The number of thiazole rings is 1. The van der Waals surface area contributed by atoms with E-state index in [-0.39, 0.29) is 5.75 Å². The van der Waals surface area contributed by atoms with E-state index in [4.69, 9.17) is 0 Å². The van der Waals surface area contributed by atoms with Gasteiger partial charge < -0.3 is 5.32 Å². The highest BCUT2D eigenvalue weighted by Crippen LogP contribution is 2.30. The van der Waals surface area contributed by atoms with Crippen LogP contribution in [0.2, 0.25) is 0 Å². The van der Waals surface area contributed by atoms with E-state index in [0.717, 1.165) is 20.8 Å². The summed E-state index contributed by atoms with van der Waals surface area (Å²) >= 11 is 1.60. The second-order valence-corrected chi connectivity index (χ2v) is 9.73. The zero-order valence-corrected chi connectivity index (χ0v) is 17.0. The van der Waals surface area contributed by atoms with Crippen molar-refractivity contribution in [3.05, 3.63) is 84.4 Å². The maximum absolute atomic E-state index is 12.3. The van der Waals surface area contributed by atoms with Gasteiger partial charge in [0.15, 0.2) is 9.84 Å². The van der Waals surface area contributed by atoms with Crippen LogP contribution in [0.25, 0.3) is 20.8 Å². The van der Waals surface area contributed by atoms with Crippen LogP contribution in [0.1, 0.15) is 5.56 Å². The first-order valence-electron chi connectivity index (χ1n) is 8.99. The van der Waals surface area contributed by atoms with Crippen LogP contribution >= 0.6 is 11.3 Å². The molecule has 0 spiro atoms. The molecule has 0 aliphatic rings. The highest BCUT2D eigenvalue weighted by Gasteiger charge is 2.17. The molecule has 0 fully saturated rings. The van der Waals surface area contributed by atoms with Gasteiger partial charge in [-0.3, -0.25) is 4.79 Å². The fourth-order valence-corrected chi connectivity index (χ4v) is 5.21. The van der Waals surface area contributed by atoms with Crippen molar-refractivity contribution in [3.8, 4) is 10.6 Å². The number of nitrogens with one attached hydrogen (secondary N) is 1. The number of rotatable bonds is 6. The summed E-state index contributed by atoms with van der Waals surface area (Å²) in [6, 6.07) is 24.0. The Kier molecular flexibility index (Phi) is 5.42. The molecule has 0 saturated heterocycles. The minimum Gasteiger partial charge on any atom is -0.325 e. The summed E-state index contributed by atoms with van der Waals surface area (Å²) in [7, 11) is -3.54. The number of carbonyl (C=O) groups is 1. The molecule has 1 aromatic heterocycles. The Morgan fingerprint density at radius 1 is 0.897 bits per heavy atom. The van der Waals surface area contributed by atoms with E-state index in [1.807, 2.05) is 42.5 Å². The summed E-state index contributed by atoms with van der Waals surface area (Å²) in [6.45, 7) is 0. The third-order valence-electron chi connectivity index (χ3n) is 4.29. The second kappa shape index (κ2) is 8.14. The first-order chi connectivity index (χ1) is 14.0. The maximum Gasteiger partial charge on any atom is 0.239 e. The molecule has 0 atom stereocenters. The van der Waals surface area contributed by atoms with Gasteiger partial charge in [0.05, 0.1) is 16.0 Å². The van der Waals surface area contributed by atoms with Crippen LogP contribution < -0.4 is 5.32 Å². The van der Waals surface area contributed by atoms with Gasteiger partial charge in [0.2, 0.25) is 5.91 Å². The number of benzene rings is 3. The topological polar surface area (TPSA) is 76.1 Å². The van der Waals surface area contributed by atoms with Gasteiger partial charge in [-0.25, -0.2) is 13.4 Å². The van der Waals surface area contributed by atoms with Crippen LogP contribution in [0, 0.1) is 0 Å². The largest absolute Gasteiger partial charge is 0.325 e. The number of fused-ring (bicyclic) bond motifs is 1. The number of nitrogens with zero attached hydrogens (tertiary/aromatic N) is 1. The fraction of sp³-hybridized carbons (Fsp3) is 0.0909. The van der Waals surface area contributed by atoms with Crippen molar-refractivity contribution in [1.29, 1.82) is 0 Å². The molecular formula is C22H18N2O3S2. The Morgan fingerprint density at radius 3 is 2.31 bits per heavy atom. The molecule has 0 saturated carbocycles. The first-order valence-corrected chi connectivity index (χ1v) is 11.6. The molecule has 7 heteroatoms. The first kappa shape index (κ1) is 19.3. The molecular weight excluding hydrogens is 404 g/mol. The number of carbonyl (C=O) groups excluding carboxylic acids is 1. The van der Waals surface area contributed by atoms with E-state index in [2.05, 4.69) is 10.3 Å². The van der Waals surface area contributed by atoms with E-state index in [1.54, 1.807) is 47.7 Å².